The summed E-state index contributed by atoms with van der Waals surface area (Å²) in [7, 11) is -1.39. The Balaban J connectivity index is 1.04. The molecule has 0 spiro atoms. The summed E-state index contributed by atoms with van der Waals surface area (Å²) in [5.41, 5.74) is 3.12. The Hall–Kier alpha value is -2.33. The predicted octanol–water partition coefficient (Wildman–Crippen LogP) is 5.14. The number of aryl methyl sites for hydroxylation is 1. The highest BCUT2D eigenvalue weighted by Gasteiger charge is 2.45. The Morgan fingerprint density at radius 2 is 1.54 bits per heavy atom. The van der Waals surface area contributed by atoms with Crippen LogP contribution in [0.15, 0.2) is 41.3 Å². The van der Waals surface area contributed by atoms with E-state index in [9.17, 15) is 8.42 Å². The molecule has 4 aliphatic heterocycles. The van der Waals surface area contributed by atoms with Gasteiger partial charge in [0.1, 0.15) is 11.6 Å². The van der Waals surface area contributed by atoms with Crippen LogP contribution >= 0.6 is 0 Å². The van der Waals surface area contributed by atoms with Gasteiger partial charge in [0.05, 0.1) is 15.9 Å². The van der Waals surface area contributed by atoms with Crippen molar-refractivity contribution >= 4 is 20.9 Å². The fourth-order valence-corrected chi connectivity index (χ4v) is 8.92. The smallest absolute Gasteiger partial charge is 0.175 e. The van der Waals surface area contributed by atoms with Gasteiger partial charge in [-0.05, 0) is 106 Å². The number of hydrogen-bond acceptors (Lipinski definition) is 6. The molecule has 2 aromatic carbocycles. The molecular weight excluding hydrogens is 539 g/mol. The topological polar surface area (TPSA) is 67.7 Å². The molecule has 9 heteroatoms. The second-order valence-electron chi connectivity index (χ2n) is 12.8. The van der Waals surface area contributed by atoms with Crippen LogP contribution in [0.5, 0.6) is 0 Å². The molecule has 0 amide bonds. The first-order valence-electron chi connectivity index (χ1n) is 15.3. The number of hydrogen-bond donors (Lipinski definition) is 0. The van der Waals surface area contributed by atoms with Crippen molar-refractivity contribution in [3.63, 3.8) is 0 Å². The molecule has 220 valence electrons. The number of ether oxygens (including phenoxy) is 1. The summed E-state index contributed by atoms with van der Waals surface area (Å²) >= 11 is 0. The van der Waals surface area contributed by atoms with Crippen LogP contribution in [0.25, 0.3) is 22.4 Å². The van der Waals surface area contributed by atoms with Gasteiger partial charge < -0.3 is 14.2 Å². The Labute approximate surface area is 242 Å². The first-order valence-corrected chi connectivity index (χ1v) is 17.2. The second-order valence-corrected chi connectivity index (χ2v) is 14.8. The lowest BCUT2D eigenvalue weighted by Crippen LogP contribution is -2.55. The van der Waals surface area contributed by atoms with Crippen LogP contribution in [-0.4, -0.2) is 84.5 Å². The van der Waals surface area contributed by atoms with Crippen LogP contribution in [0.3, 0.4) is 0 Å². The van der Waals surface area contributed by atoms with Crippen molar-refractivity contribution in [1.82, 2.24) is 19.4 Å². The van der Waals surface area contributed by atoms with Crippen molar-refractivity contribution in [2.24, 2.45) is 7.05 Å². The molecule has 0 saturated carbocycles. The van der Waals surface area contributed by atoms with Gasteiger partial charge >= 0.3 is 0 Å². The van der Waals surface area contributed by atoms with E-state index in [1.807, 2.05) is 17.7 Å². The molecule has 4 aliphatic rings. The standard InChI is InChI=1S/C32H41FN4O3S/c1-35-31-20-29(33)28(19-30(31)34-32(35)22-3-7-27(8-4-22)41(2,38)39)21-9-13-36(14-10-21)26-17-24-5-6-25(18-26)37(24)23-11-15-40-16-12-23/h3-4,7-8,19-21,23-26H,5-6,9-18H2,1-2H3. The summed E-state index contributed by atoms with van der Waals surface area (Å²) in [5, 5.41) is 0. The van der Waals surface area contributed by atoms with E-state index in [-0.39, 0.29) is 16.6 Å². The number of rotatable bonds is 5. The van der Waals surface area contributed by atoms with Crippen molar-refractivity contribution in [2.45, 2.75) is 86.3 Å². The minimum absolute atomic E-state index is 0.152. The average molecular weight is 581 g/mol. The van der Waals surface area contributed by atoms with E-state index in [2.05, 4.69) is 9.80 Å². The van der Waals surface area contributed by atoms with Gasteiger partial charge in [-0.25, -0.2) is 17.8 Å². The number of imidazole rings is 1. The number of fused-ring (bicyclic) bond motifs is 3. The zero-order valence-corrected chi connectivity index (χ0v) is 25.0. The van der Waals surface area contributed by atoms with Crippen LogP contribution in [-0.2, 0) is 21.6 Å². The number of nitrogens with zero attached hydrogens (tertiary/aromatic N) is 4. The molecule has 0 N–H and O–H groups in total. The van der Waals surface area contributed by atoms with Gasteiger partial charge in [-0.15, -0.1) is 0 Å². The monoisotopic (exact) mass is 580 g/mol. The Kier molecular flexibility index (Phi) is 7.20. The summed E-state index contributed by atoms with van der Waals surface area (Å²) in [5.74, 6) is 0.753. The summed E-state index contributed by atoms with van der Waals surface area (Å²) in [6, 6.07) is 13.1. The molecule has 2 atom stereocenters. The van der Waals surface area contributed by atoms with Gasteiger partial charge in [-0.1, -0.05) is 0 Å². The number of piperidine rings is 2. The number of benzene rings is 2. The maximum atomic E-state index is 15.5. The zero-order chi connectivity index (χ0) is 28.3. The SMILES string of the molecule is Cn1c(-c2ccc(S(C)(=O)=O)cc2)nc2cc(C3CCN(C4CC5CCC(C4)N5C4CCOCC4)CC3)c(F)cc21. The highest BCUT2D eigenvalue weighted by molar-refractivity contribution is 7.90. The molecule has 3 aromatic rings. The first-order chi connectivity index (χ1) is 19.8. The molecule has 0 aliphatic carbocycles. The Morgan fingerprint density at radius 3 is 2.17 bits per heavy atom. The van der Waals surface area contributed by atoms with E-state index in [1.165, 1.54) is 44.8 Å². The van der Waals surface area contributed by atoms with Gasteiger partial charge in [-0.3, -0.25) is 4.90 Å². The lowest BCUT2D eigenvalue weighted by molar-refractivity contribution is -0.0221. The minimum Gasteiger partial charge on any atom is -0.381 e. The third-order valence-corrected chi connectivity index (χ3v) is 11.5. The largest absolute Gasteiger partial charge is 0.381 e. The number of aromatic nitrogens is 2. The highest BCUT2D eigenvalue weighted by Crippen LogP contribution is 2.42. The summed E-state index contributed by atoms with van der Waals surface area (Å²) in [4.78, 5) is 10.7. The van der Waals surface area contributed by atoms with Crippen molar-refractivity contribution in [2.75, 3.05) is 32.6 Å². The van der Waals surface area contributed by atoms with Gasteiger partial charge in [0.25, 0.3) is 0 Å². The van der Waals surface area contributed by atoms with Crippen LogP contribution in [0, 0.1) is 5.82 Å². The van der Waals surface area contributed by atoms with Crippen LogP contribution < -0.4 is 0 Å². The molecule has 0 radical (unpaired) electrons. The van der Waals surface area contributed by atoms with Crippen LogP contribution in [0.4, 0.5) is 4.39 Å². The van der Waals surface area contributed by atoms with Gasteiger partial charge in [0.2, 0.25) is 0 Å². The second kappa shape index (κ2) is 10.7. The summed E-state index contributed by atoms with van der Waals surface area (Å²) < 4.78 is 46.8. The molecule has 4 saturated heterocycles. The van der Waals surface area contributed by atoms with Crippen molar-refractivity contribution in [1.29, 1.82) is 0 Å². The van der Waals surface area contributed by atoms with Crippen molar-refractivity contribution in [3.8, 4) is 11.4 Å². The van der Waals surface area contributed by atoms with Crippen LogP contribution in [0.2, 0.25) is 0 Å². The van der Waals surface area contributed by atoms with E-state index >= 15 is 4.39 Å². The Bertz CT molecular complexity index is 1510. The first kappa shape index (κ1) is 27.5. The lowest BCUT2D eigenvalue weighted by Gasteiger charge is -2.48. The average Bonchev–Trinajstić information content (AvgIpc) is 3.44. The molecule has 2 bridgehead atoms. The van der Waals surface area contributed by atoms with E-state index in [4.69, 9.17) is 9.72 Å². The van der Waals surface area contributed by atoms with Crippen molar-refractivity contribution < 1.29 is 17.5 Å². The van der Waals surface area contributed by atoms with Crippen LogP contribution in [0.1, 0.15) is 62.8 Å². The van der Waals surface area contributed by atoms with E-state index < -0.39 is 9.84 Å². The molecule has 7 rings (SSSR count). The molecule has 41 heavy (non-hydrogen) atoms. The van der Waals surface area contributed by atoms with Crippen molar-refractivity contribution in [3.05, 3.63) is 47.8 Å². The summed E-state index contributed by atoms with van der Waals surface area (Å²) in [6.45, 7) is 3.89. The zero-order valence-electron chi connectivity index (χ0n) is 24.1. The lowest BCUT2D eigenvalue weighted by atomic mass is 9.86. The summed E-state index contributed by atoms with van der Waals surface area (Å²) in [6.07, 6.45) is 10.8. The predicted molar refractivity (Wildman–Crippen MR) is 158 cm³/mol. The highest BCUT2D eigenvalue weighted by atomic mass is 32.2. The third kappa shape index (κ3) is 5.13. The quantitative estimate of drug-likeness (QED) is 0.417. The fraction of sp³-hybridized carbons (Fsp3) is 0.594. The molecule has 4 fully saturated rings. The number of halogens is 1. The van der Waals surface area contributed by atoms with Gasteiger partial charge in [0, 0.05) is 62.3 Å². The molecule has 7 nitrogen and oxygen atoms in total. The Morgan fingerprint density at radius 1 is 0.878 bits per heavy atom. The maximum Gasteiger partial charge on any atom is 0.175 e. The molecule has 2 unspecified atom stereocenters. The molecular formula is C32H41FN4O3S. The fourth-order valence-electron chi connectivity index (χ4n) is 8.29. The van der Waals surface area contributed by atoms with E-state index in [1.54, 1.807) is 30.3 Å². The third-order valence-electron chi connectivity index (χ3n) is 10.4. The van der Waals surface area contributed by atoms with E-state index in [0.29, 0.717) is 17.9 Å². The minimum atomic E-state index is -3.27. The maximum absolute atomic E-state index is 15.5. The molecule has 1 aromatic heterocycles. The number of likely N-dealkylation sites (tertiary alicyclic amines) is 1. The van der Waals surface area contributed by atoms with Gasteiger partial charge in [-0.2, -0.15) is 0 Å². The number of sulfone groups is 1. The van der Waals surface area contributed by atoms with Gasteiger partial charge in [0.15, 0.2) is 9.84 Å². The normalized spacial score (nSPS) is 27.1. The van der Waals surface area contributed by atoms with E-state index in [0.717, 1.165) is 73.4 Å². The molecule has 5 heterocycles.